The van der Waals surface area contributed by atoms with Gasteiger partial charge in [-0.25, -0.2) is 0 Å². The van der Waals surface area contributed by atoms with E-state index in [0.717, 1.165) is 17.7 Å². The van der Waals surface area contributed by atoms with Crippen LogP contribution in [0.1, 0.15) is 25.3 Å². The Kier molecular flexibility index (Phi) is 3.37. The quantitative estimate of drug-likeness (QED) is 0.796. The second-order valence-electron chi connectivity index (χ2n) is 5.52. The third-order valence-corrected chi connectivity index (χ3v) is 4.06. The van der Waals surface area contributed by atoms with Gasteiger partial charge in [0.1, 0.15) is 5.92 Å². The number of carbonyl (C=O) groups excluding carboxylic acids is 3. The van der Waals surface area contributed by atoms with Crippen molar-refractivity contribution < 1.29 is 14.4 Å². The van der Waals surface area contributed by atoms with Crippen molar-refractivity contribution in [1.29, 1.82) is 0 Å². The zero-order valence-electron chi connectivity index (χ0n) is 11.8. The molecule has 2 N–H and O–H groups in total. The third kappa shape index (κ3) is 2.37. The Hall–Kier alpha value is -2.37. The van der Waals surface area contributed by atoms with Gasteiger partial charge in [-0.1, -0.05) is 18.2 Å². The van der Waals surface area contributed by atoms with Gasteiger partial charge in [0.25, 0.3) is 11.8 Å². The molecule has 1 aromatic rings. The van der Waals surface area contributed by atoms with Crippen LogP contribution in [0.2, 0.25) is 0 Å². The second-order valence-corrected chi connectivity index (χ2v) is 5.52. The molecular formula is C15H17N3O3. The van der Waals surface area contributed by atoms with Crippen LogP contribution < -0.4 is 15.8 Å². The zero-order valence-corrected chi connectivity index (χ0v) is 11.8. The molecule has 6 nitrogen and oxygen atoms in total. The SMILES string of the molecule is CC1Cc2ccccc2N1C(=O)CCC1C(=O)NNC1=O. The maximum atomic E-state index is 12.5. The van der Waals surface area contributed by atoms with Gasteiger partial charge in [0, 0.05) is 18.2 Å². The van der Waals surface area contributed by atoms with Crippen molar-refractivity contribution >= 4 is 23.4 Å². The lowest BCUT2D eigenvalue weighted by atomic mass is 10.0. The summed E-state index contributed by atoms with van der Waals surface area (Å²) in [4.78, 5) is 37.2. The van der Waals surface area contributed by atoms with Crippen molar-refractivity contribution in [2.24, 2.45) is 5.92 Å². The van der Waals surface area contributed by atoms with E-state index in [-0.39, 0.29) is 36.6 Å². The molecule has 110 valence electrons. The van der Waals surface area contributed by atoms with Gasteiger partial charge in [0.2, 0.25) is 5.91 Å². The molecule has 2 heterocycles. The molecule has 3 amide bonds. The van der Waals surface area contributed by atoms with Crippen molar-refractivity contribution in [2.45, 2.75) is 32.2 Å². The molecule has 0 saturated carbocycles. The average molecular weight is 287 g/mol. The van der Waals surface area contributed by atoms with Crippen LogP contribution in [0.5, 0.6) is 0 Å². The van der Waals surface area contributed by atoms with E-state index < -0.39 is 5.92 Å². The number of amides is 3. The van der Waals surface area contributed by atoms with E-state index in [1.165, 1.54) is 0 Å². The number of benzene rings is 1. The summed E-state index contributed by atoms with van der Waals surface area (Å²) in [5.41, 5.74) is 6.65. The summed E-state index contributed by atoms with van der Waals surface area (Å²) < 4.78 is 0. The molecule has 2 aliphatic heterocycles. The Morgan fingerprint density at radius 1 is 1.24 bits per heavy atom. The van der Waals surface area contributed by atoms with Gasteiger partial charge in [-0.15, -0.1) is 0 Å². The van der Waals surface area contributed by atoms with E-state index in [0.29, 0.717) is 0 Å². The summed E-state index contributed by atoms with van der Waals surface area (Å²) in [7, 11) is 0. The van der Waals surface area contributed by atoms with Crippen LogP contribution in [0.25, 0.3) is 0 Å². The highest BCUT2D eigenvalue weighted by Gasteiger charge is 2.35. The van der Waals surface area contributed by atoms with Crippen molar-refractivity contribution in [2.75, 3.05) is 4.90 Å². The molecule has 1 saturated heterocycles. The number of hydrogen-bond acceptors (Lipinski definition) is 3. The van der Waals surface area contributed by atoms with Crippen molar-refractivity contribution in [3.8, 4) is 0 Å². The number of para-hydroxylation sites is 1. The molecular weight excluding hydrogens is 270 g/mol. The first kappa shape index (κ1) is 13.6. The summed E-state index contributed by atoms with van der Waals surface area (Å²) >= 11 is 0. The van der Waals surface area contributed by atoms with Crippen LogP contribution in [0.4, 0.5) is 5.69 Å². The molecule has 21 heavy (non-hydrogen) atoms. The lowest BCUT2D eigenvalue weighted by molar-refractivity contribution is -0.128. The van der Waals surface area contributed by atoms with Gasteiger partial charge in [0.15, 0.2) is 0 Å². The molecule has 0 aromatic heterocycles. The van der Waals surface area contributed by atoms with Gasteiger partial charge >= 0.3 is 0 Å². The second kappa shape index (κ2) is 5.20. The predicted octanol–water partition coefficient (Wildman–Crippen LogP) is 0.522. The van der Waals surface area contributed by atoms with E-state index in [2.05, 4.69) is 10.9 Å². The number of hydrazine groups is 1. The Morgan fingerprint density at radius 2 is 1.90 bits per heavy atom. The molecule has 1 fully saturated rings. The monoisotopic (exact) mass is 287 g/mol. The fraction of sp³-hybridized carbons (Fsp3) is 0.400. The molecule has 1 aromatic carbocycles. The highest BCUT2D eigenvalue weighted by atomic mass is 16.2. The smallest absolute Gasteiger partial charge is 0.251 e. The average Bonchev–Trinajstić information content (AvgIpc) is 2.96. The first-order chi connectivity index (χ1) is 10.1. The molecule has 3 rings (SSSR count). The topological polar surface area (TPSA) is 78.5 Å². The van der Waals surface area contributed by atoms with E-state index in [9.17, 15) is 14.4 Å². The van der Waals surface area contributed by atoms with E-state index in [1.807, 2.05) is 31.2 Å². The minimum atomic E-state index is -0.762. The summed E-state index contributed by atoms with van der Waals surface area (Å²) in [6.07, 6.45) is 1.26. The fourth-order valence-electron chi connectivity index (χ4n) is 3.01. The highest BCUT2D eigenvalue weighted by molar-refractivity contribution is 6.06. The fourth-order valence-corrected chi connectivity index (χ4v) is 3.01. The highest BCUT2D eigenvalue weighted by Crippen LogP contribution is 2.32. The first-order valence-electron chi connectivity index (χ1n) is 7.07. The number of nitrogens with zero attached hydrogens (tertiary/aromatic N) is 1. The van der Waals surface area contributed by atoms with E-state index in [1.54, 1.807) is 4.90 Å². The molecule has 1 atom stereocenters. The minimum absolute atomic E-state index is 0.0417. The molecule has 0 aliphatic carbocycles. The Morgan fingerprint density at radius 3 is 2.62 bits per heavy atom. The maximum Gasteiger partial charge on any atom is 0.251 e. The summed E-state index contributed by atoms with van der Waals surface area (Å²) in [6, 6.07) is 7.95. The number of fused-ring (bicyclic) bond motifs is 1. The van der Waals surface area contributed by atoms with Crippen molar-refractivity contribution in [3.63, 3.8) is 0 Å². The van der Waals surface area contributed by atoms with Gasteiger partial charge in [-0.3, -0.25) is 25.2 Å². The van der Waals surface area contributed by atoms with Crippen LogP contribution in [0.15, 0.2) is 24.3 Å². The molecule has 0 radical (unpaired) electrons. The molecule has 0 spiro atoms. The lowest BCUT2D eigenvalue weighted by Gasteiger charge is -2.23. The molecule has 0 bridgehead atoms. The maximum absolute atomic E-state index is 12.5. The number of anilines is 1. The standard InChI is InChI=1S/C15H17N3O3/c1-9-8-10-4-2-3-5-12(10)18(9)13(19)7-6-11-14(20)16-17-15(11)21/h2-5,9,11H,6-8H2,1H3,(H,16,20)(H,17,21). The largest absolute Gasteiger partial charge is 0.309 e. The van der Waals surface area contributed by atoms with Crippen LogP contribution >= 0.6 is 0 Å². The molecule has 1 unspecified atom stereocenters. The number of nitrogens with one attached hydrogen (secondary N) is 2. The van der Waals surface area contributed by atoms with Crippen molar-refractivity contribution in [1.82, 2.24) is 10.9 Å². The summed E-state index contributed by atoms with van der Waals surface area (Å²) in [5.74, 6) is -1.52. The third-order valence-electron chi connectivity index (χ3n) is 4.06. The zero-order chi connectivity index (χ0) is 15.0. The van der Waals surface area contributed by atoms with Crippen LogP contribution in [-0.2, 0) is 20.8 Å². The normalized spacial score (nSPS) is 21.2. The van der Waals surface area contributed by atoms with Crippen molar-refractivity contribution in [3.05, 3.63) is 29.8 Å². The Labute approximate surface area is 122 Å². The van der Waals surface area contributed by atoms with E-state index >= 15 is 0 Å². The Bertz CT molecular complexity index is 598. The Balaban J connectivity index is 1.69. The van der Waals surface area contributed by atoms with Crippen LogP contribution in [0.3, 0.4) is 0 Å². The van der Waals surface area contributed by atoms with Gasteiger partial charge < -0.3 is 4.90 Å². The summed E-state index contributed by atoms with van der Waals surface area (Å²) in [6.45, 7) is 2.01. The number of carbonyl (C=O) groups is 3. The summed E-state index contributed by atoms with van der Waals surface area (Å²) in [5, 5.41) is 0. The number of hydrogen-bond donors (Lipinski definition) is 2. The van der Waals surface area contributed by atoms with Gasteiger partial charge in [-0.05, 0) is 31.4 Å². The van der Waals surface area contributed by atoms with Crippen LogP contribution in [0, 0.1) is 5.92 Å². The van der Waals surface area contributed by atoms with E-state index in [4.69, 9.17) is 0 Å². The van der Waals surface area contributed by atoms with Gasteiger partial charge in [-0.2, -0.15) is 0 Å². The molecule has 6 heteroatoms. The lowest BCUT2D eigenvalue weighted by Crippen LogP contribution is -2.36. The molecule has 2 aliphatic rings. The predicted molar refractivity (Wildman–Crippen MR) is 76.1 cm³/mol. The minimum Gasteiger partial charge on any atom is -0.309 e. The number of rotatable bonds is 3. The van der Waals surface area contributed by atoms with Crippen LogP contribution in [-0.4, -0.2) is 23.8 Å². The first-order valence-corrected chi connectivity index (χ1v) is 7.07. The van der Waals surface area contributed by atoms with Gasteiger partial charge in [0.05, 0.1) is 0 Å².